The van der Waals surface area contributed by atoms with Crippen LogP contribution in [0.5, 0.6) is 0 Å². The number of nitrogens with zero attached hydrogens (tertiary/aromatic N) is 2. The maximum atomic E-state index is 12.9. The number of benzene rings is 2. The monoisotopic (exact) mass is 443 g/mol. The third-order valence-electron chi connectivity index (χ3n) is 5.48. The first kappa shape index (κ1) is 21.0. The van der Waals surface area contributed by atoms with E-state index in [2.05, 4.69) is 24.1 Å². The van der Waals surface area contributed by atoms with Gasteiger partial charge in [0.05, 0.1) is 15.1 Å². The number of carbonyl (C=O) groups excluding carboxylic acids is 1. The molecule has 2 aromatic carbocycles. The predicted octanol–water partition coefficient (Wildman–Crippen LogP) is 4.53. The molecule has 6 nitrogen and oxygen atoms in total. The van der Waals surface area contributed by atoms with Gasteiger partial charge in [0.15, 0.2) is 5.13 Å². The predicted molar refractivity (Wildman–Crippen MR) is 121 cm³/mol. The van der Waals surface area contributed by atoms with Crippen LogP contribution in [-0.2, 0) is 16.4 Å². The molecule has 0 spiro atoms. The number of amides is 1. The van der Waals surface area contributed by atoms with Crippen molar-refractivity contribution in [1.82, 2.24) is 9.29 Å². The van der Waals surface area contributed by atoms with E-state index in [4.69, 9.17) is 0 Å². The molecule has 8 heteroatoms. The van der Waals surface area contributed by atoms with E-state index < -0.39 is 10.0 Å². The topological polar surface area (TPSA) is 79.4 Å². The lowest BCUT2D eigenvalue weighted by Gasteiger charge is -2.30. The third-order valence-corrected chi connectivity index (χ3v) is 8.29. The van der Waals surface area contributed by atoms with Gasteiger partial charge in [-0.15, -0.1) is 0 Å². The molecule has 4 rings (SSSR count). The molecule has 1 fully saturated rings. The molecular formula is C22H25N3O3S2. The molecule has 3 aromatic rings. The lowest BCUT2D eigenvalue weighted by atomic mass is 10.0. The summed E-state index contributed by atoms with van der Waals surface area (Å²) in [6, 6.07) is 12.2. The maximum absolute atomic E-state index is 12.9. The normalized spacial score (nSPS) is 17.9. The maximum Gasteiger partial charge on any atom is 0.257 e. The van der Waals surface area contributed by atoms with Gasteiger partial charge in [-0.1, -0.05) is 37.3 Å². The molecule has 0 radical (unpaired) electrons. The van der Waals surface area contributed by atoms with Gasteiger partial charge in [0, 0.05) is 18.7 Å². The Morgan fingerprint density at radius 1 is 1.23 bits per heavy atom. The second-order valence-electron chi connectivity index (χ2n) is 7.73. The molecule has 0 bridgehead atoms. The minimum absolute atomic E-state index is 0.223. The van der Waals surface area contributed by atoms with Crippen molar-refractivity contribution >= 4 is 42.6 Å². The molecular weight excluding hydrogens is 418 g/mol. The van der Waals surface area contributed by atoms with Crippen molar-refractivity contribution in [1.29, 1.82) is 0 Å². The number of carbonyl (C=O) groups is 1. The number of para-hydroxylation sites is 1. The number of rotatable bonds is 5. The SMILES string of the molecule is CCc1cccc2sc(NC(=O)c3ccc(S(=O)(=O)N4CCCC(C)C4)cc3)nc12. The van der Waals surface area contributed by atoms with Crippen LogP contribution in [0, 0.1) is 5.92 Å². The molecule has 1 N–H and O–H groups in total. The number of aryl methyl sites for hydroxylation is 1. The van der Waals surface area contributed by atoms with Crippen LogP contribution in [0.1, 0.15) is 42.6 Å². The van der Waals surface area contributed by atoms with Crippen molar-refractivity contribution in [3.8, 4) is 0 Å². The Bertz CT molecular complexity index is 1170. The Hall–Kier alpha value is -2.29. The van der Waals surface area contributed by atoms with E-state index in [9.17, 15) is 13.2 Å². The number of anilines is 1. The van der Waals surface area contributed by atoms with Gasteiger partial charge in [-0.3, -0.25) is 10.1 Å². The molecule has 1 amide bonds. The van der Waals surface area contributed by atoms with E-state index in [1.807, 2.05) is 18.2 Å². The molecule has 30 heavy (non-hydrogen) atoms. The van der Waals surface area contributed by atoms with Gasteiger partial charge in [-0.2, -0.15) is 4.31 Å². The summed E-state index contributed by atoms with van der Waals surface area (Å²) in [5.41, 5.74) is 2.46. The highest BCUT2D eigenvalue weighted by atomic mass is 32.2. The molecule has 1 saturated heterocycles. The zero-order valence-electron chi connectivity index (χ0n) is 17.1. The number of nitrogens with one attached hydrogen (secondary N) is 1. The highest BCUT2D eigenvalue weighted by Gasteiger charge is 2.28. The van der Waals surface area contributed by atoms with Crippen LogP contribution in [0.3, 0.4) is 0 Å². The van der Waals surface area contributed by atoms with E-state index in [1.165, 1.54) is 23.5 Å². The molecule has 1 unspecified atom stereocenters. The second kappa shape index (κ2) is 8.45. The summed E-state index contributed by atoms with van der Waals surface area (Å²) in [6.45, 7) is 5.24. The molecule has 1 aliphatic rings. The number of hydrogen-bond donors (Lipinski definition) is 1. The lowest BCUT2D eigenvalue weighted by molar-refractivity contribution is 0.102. The first-order valence-corrected chi connectivity index (χ1v) is 12.4. The van der Waals surface area contributed by atoms with Gasteiger partial charge in [-0.05, 0) is 61.1 Å². The minimum atomic E-state index is -3.53. The average molecular weight is 444 g/mol. The molecule has 1 atom stereocenters. The Morgan fingerprint density at radius 3 is 2.70 bits per heavy atom. The number of thiazole rings is 1. The van der Waals surface area contributed by atoms with E-state index in [0.29, 0.717) is 29.7 Å². The molecule has 0 aliphatic carbocycles. The quantitative estimate of drug-likeness (QED) is 0.628. The van der Waals surface area contributed by atoms with E-state index in [1.54, 1.807) is 16.4 Å². The highest BCUT2D eigenvalue weighted by Crippen LogP contribution is 2.29. The van der Waals surface area contributed by atoms with Crippen LogP contribution in [0.4, 0.5) is 5.13 Å². The highest BCUT2D eigenvalue weighted by molar-refractivity contribution is 7.89. The minimum Gasteiger partial charge on any atom is -0.298 e. The zero-order chi connectivity index (χ0) is 21.3. The first-order chi connectivity index (χ1) is 14.4. The van der Waals surface area contributed by atoms with Crippen molar-refractivity contribution in [3.63, 3.8) is 0 Å². The van der Waals surface area contributed by atoms with Crippen LogP contribution >= 0.6 is 11.3 Å². The van der Waals surface area contributed by atoms with Crippen LogP contribution < -0.4 is 5.32 Å². The molecule has 2 heterocycles. The van der Waals surface area contributed by atoms with E-state index >= 15 is 0 Å². The fourth-order valence-corrected chi connectivity index (χ4v) is 6.31. The van der Waals surface area contributed by atoms with Gasteiger partial charge >= 0.3 is 0 Å². The average Bonchev–Trinajstić information content (AvgIpc) is 3.16. The van der Waals surface area contributed by atoms with E-state index in [0.717, 1.165) is 35.0 Å². The van der Waals surface area contributed by atoms with Crippen molar-refractivity contribution in [2.75, 3.05) is 18.4 Å². The number of fused-ring (bicyclic) bond motifs is 1. The summed E-state index contributed by atoms with van der Waals surface area (Å²) in [5, 5.41) is 3.37. The Kier molecular flexibility index (Phi) is 5.90. The summed E-state index contributed by atoms with van der Waals surface area (Å²) < 4.78 is 28.3. The smallest absolute Gasteiger partial charge is 0.257 e. The fourth-order valence-electron chi connectivity index (χ4n) is 3.81. The fraction of sp³-hybridized carbons (Fsp3) is 0.364. The summed E-state index contributed by atoms with van der Waals surface area (Å²) in [7, 11) is -3.53. The van der Waals surface area contributed by atoms with Crippen molar-refractivity contribution in [2.24, 2.45) is 5.92 Å². The summed E-state index contributed by atoms with van der Waals surface area (Å²) in [6.07, 6.45) is 2.81. The lowest BCUT2D eigenvalue weighted by Crippen LogP contribution is -2.39. The Morgan fingerprint density at radius 2 is 2.00 bits per heavy atom. The number of sulfonamides is 1. The number of piperidine rings is 1. The first-order valence-electron chi connectivity index (χ1n) is 10.2. The number of hydrogen-bond acceptors (Lipinski definition) is 5. The van der Waals surface area contributed by atoms with Crippen LogP contribution in [-0.4, -0.2) is 36.7 Å². The van der Waals surface area contributed by atoms with Crippen molar-refractivity contribution in [2.45, 2.75) is 38.0 Å². The Balaban J connectivity index is 1.51. The molecule has 1 aliphatic heterocycles. The van der Waals surface area contributed by atoms with Crippen LogP contribution in [0.15, 0.2) is 47.4 Å². The van der Waals surface area contributed by atoms with Crippen molar-refractivity contribution in [3.05, 3.63) is 53.6 Å². The number of aromatic nitrogens is 1. The second-order valence-corrected chi connectivity index (χ2v) is 10.7. The summed E-state index contributed by atoms with van der Waals surface area (Å²) in [4.78, 5) is 17.4. The molecule has 158 valence electrons. The summed E-state index contributed by atoms with van der Waals surface area (Å²) >= 11 is 1.43. The van der Waals surface area contributed by atoms with E-state index in [-0.39, 0.29) is 10.8 Å². The van der Waals surface area contributed by atoms with Gasteiger partial charge in [-0.25, -0.2) is 13.4 Å². The van der Waals surface area contributed by atoms with Gasteiger partial charge in [0.2, 0.25) is 10.0 Å². The molecule has 0 saturated carbocycles. The summed E-state index contributed by atoms with van der Waals surface area (Å²) in [5.74, 6) is 0.0586. The Labute approximate surface area is 181 Å². The van der Waals surface area contributed by atoms with Crippen LogP contribution in [0.2, 0.25) is 0 Å². The largest absolute Gasteiger partial charge is 0.298 e. The zero-order valence-corrected chi connectivity index (χ0v) is 18.7. The van der Waals surface area contributed by atoms with Crippen molar-refractivity contribution < 1.29 is 13.2 Å². The van der Waals surface area contributed by atoms with Crippen LogP contribution in [0.25, 0.3) is 10.2 Å². The van der Waals surface area contributed by atoms with Gasteiger partial charge in [0.1, 0.15) is 0 Å². The van der Waals surface area contributed by atoms with Gasteiger partial charge < -0.3 is 0 Å². The standard InChI is InChI=1S/C22H25N3O3S2/c1-3-16-7-4-8-19-20(16)23-22(29-19)24-21(26)17-9-11-18(12-10-17)30(27,28)25-13-5-6-15(2)14-25/h4,7-12,15H,3,5-6,13-14H2,1-2H3,(H,23,24,26). The third kappa shape index (κ3) is 4.12. The molecule has 1 aromatic heterocycles. The van der Waals surface area contributed by atoms with Gasteiger partial charge in [0.25, 0.3) is 5.91 Å².